The number of halogens is 1. The monoisotopic (exact) mass is 165 g/mol. The number of rotatable bonds is 0. The Labute approximate surface area is 63.0 Å². The molecule has 0 bridgehead atoms. The smallest absolute Gasteiger partial charge is 0.200 e. The largest absolute Gasteiger partial charge is 0.337 e. The SMILES string of the molecule is Cc1csc(=N)n1N.Cl. The summed E-state index contributed by atoms with van der Waals surface area (Å²) in [5, 5.41) is 8.95. The van der Waals surface area contributed by atoms with Crippen LogP contribution < -0.4 is 10.6 Å². The number of nitrogens with zero attached hydrogens (tertiary/aromatic N) is 1. The van der Waals surface area contributed by atoms with E-state index in [1.807, 2.05) is 12.3 Å². The summed E-state index contributed by atoms with van der Waals surface area (Å²) in [6.07, 6.45) is 0. The maximum absolute atomic E-state index is 7.10. The van der Waals surface area contributed by atoms with E-state index in [1.54, 1.807) is 0 Å². The lowest BCUT2D eigenvalue weighted by atomic mass is 10.6. The number of hydrogen-bond acceptors (Lipinski definition) is 3. The minimum absolute atomic E-state index is 0. The van der Waals surface area contributed by atoms with Crippen molar-refractivity contribution in [1.29, 1.82) is 5.41 Å². The van der Waals surface area contributed by atoms with Crippen LogP contribution in [-0.4, -0.2) is 4.68 Å². The molecule has 9 heavy (non-hydrogen) atoms. The molecular formula is C4H8ClN3S. The zero-order valence-electron chi connectivity index (χ0n) is 4.92. The second-order valence-electron chi connectivity index (χ2n) is 1.55. The van der Waals surface area contributed by atoms with E-state index in [1.165, 1.54) is 16.0 Å². The van der Waals surface area contributed by atoms with Gasteiger partial charge in [-0.3, -0.25) is 5.41 Å². The summed E-state index contributed by atoms with van der Waals surface area (Å²) in [5.74, 6) is 5.34. The third-order valence-electron chi connectivity index (χ3n) is 0.940. The number of nitrogen functional groups attached to an aromatic ring is 1. The molecular weight excluding hydrogens is 158 g/mol. The van der Waals surface area contributed by atoms with Gasteiger partial charge in [0.2, 0.25) is 4.80 Å². The average Bonchev–Trinajstić information content (AvgIpc) is 1.98. The van der Waals surface area contributed by atoms with E-state index >= 15 is 0 Å². The Morgan fingerprint density at radius 2 is 2.33 bits per heavy atom. The van der Waals surface area contributed by atoms with Crippen LogP contribution in [0.5, 0.6) is 0 Å². The summed E-state index contributed by atoms with van der Waals surface area (Å²) >= 11 is 1.34. The molecule has 0 aliphatic heterocycles. The van der Waals surface area contributed by atoms with Gasteiger partial charge in [-0.15, -0.1) is 23.7 Å². The van der Waals surface area contributed by atoms with Crippen LogP contribution in [0.2, 0.25) is 0 Å². The van der Waals surface area contributed by atoms with Crippen molar-refractivity contribution in [3.05, 3.63) is 15.9 Å². The van der Waals surface area contributed by atoms with Crippen molar-refractivity contribution < 1.29 is 0 Å². The maximum Gasteiger partial charge on any atom is 0.200 e. The number of thiazole rings is 1. The van der Waals surface area contributed by atoms with Crippen molar-refractivity contribution in [2.24, 2.45) is 0 Å². The number of nitrogens with two attached hydrogens (primary N) is 1. The van der Waals surface area contributed by atoms with Crippen LogP contribution in [0.15, 0.2) is 5.38 Å². The molecule has 5 heteroatoms. The quantitative estimate of drug-likeness (QED) is 0.540. The Morgan fingerprint density at radius 3 is 2.44 bits per heavy atom. The van der Waals surface area contributed by atoms with Crippen molar-refractivity contribution in [2.45, 2.75) is 6.92 Å². The Balaban J connectivity index is 0.000000640. The molecule has 1 aromatic rings. The lowest BCUT2D eigenvalue weighted by molar-refractivity contribution is 0.887. The van der Waals surface area contributed by atoms with Crippen LogP contribution in [-0.2, 0) is 0 Å². The number of hydrogen-bond donors (Lipinski definition) is 2. The van der Waals surface area contributed by atoms with Gasteiger partial charge in [-0.05, 0) is 6.92 Å². The first-order valence-corrected chi connectivity index (χ1v) is 3.06. The molecule has 52 valence electrons. The second-order valence-corrected chi connectivity index (χ2v) is 2.41. The van der Waals surface area contributed by atoms with Gasteiger partial charge < -0.3 is 5.84 Å². The number of nitrogens with one attached hydrogen (secondary N) is 1. The Hall–Kier alpha value is -0.480. The summed E-state index contributed by atoms with van der Waals surface area (Å²) in [5.41, 5.74) is 0.931. The van der Waals surface area contributed by atoms with Gasteiger partial charge in [0, 0.05) is 11.1 Å². The molecule has 1 aromatic heterocycles. The molecule has 0 fully saturated rings. The van der Waals surface area contributed by atoms with Gasteiger partial charge >= 0.3 is 0 Å². The zero-order valence-corrected chi connectivity index (χ0v) is 6.55. The molecule has 0 saturated heterocycles. The molecule has 3 N–H and O–H groups in total. The molecule has 0 aliphatic carbocycles. The third-order valence-corrected chi connectivity index (χ3v) is 1.82. The van der Waals surface area contributed by atoms with Crippen LogP contribution in [0.25, 0.3) is 0 Å². The third kappa shape index (κ3) is 1.46. The van der Waals surface area contributed by atoms with E-state index in [9.17, 15) is 0 Å². The van der Waals surface area contributed by atoms with Crippen molar-refractivity contribution in [3.8, 4) is 0 Å². The van der Waals surface area contributed by atoms with Gasteiger partial charge in [-0.25, -0.2) is 4.68 Å². The predicted molar refractivity (Wildman–Crippen MR) is 40.3 cm³/mol. The maximum atomic E-state index is 7.10. The Kier molecular flexibility index (Phi) is 2.73. The van der Waals surface area contributed by atoms with E-state index in [0.29, 0.717) is 4.80 Å². The highest BCUT2D eigenvalue weighted by Gasteiger charge is 1.90. The molecule has 0 spiro atoms. The highest BCUT2D eigenvalue weighted by molar-refractivity contribution is 7.07. The predicted octanol–water partition coefficient (Wildman–Crippen LogP) is 0.473. The van der Waals surface area contributed by atoms with E-state index in [0.717, 1.165) is 5.69 Å². The highest BCUT2D eigenvalue weighted by atomic mass is 35.5. The number of aryl methyl sites for hydroxylation is 1. The van der Waals surface area contributed by atoms with Crippen LogP contribution in [0, 0.1) is 12.3 Å². The molecule has 1 rings (SSSR count). The summed E-state index contributed by atoms with van der Waals surface area (Å²) in [4.78, 5) is 0.391. The summed E-state index contributed by atoms with van der Waals surface area (Å²) in [6, 6.07) is 0. The van der Waals surface area contributed by atoms with E-state index < -0.39 is 0 Å². The molecule has 0 radical (unpaired) electrons. The molecule has 0 amide bonds. The van der Waals surface area contributed by atoms with Crippen LogP contribution >= 0.6 is 23.7 Å². The van der Waals surface area contributed by atoms with E-state index in [-0.39, 0.29) is 12.4 Å². The Morgan fingerprint density at radius 1 is 1.78 bits per heavy atom. The van der Waals surface area contributed by atoms with Crippen LogP contribution in [0.1, 0.15) is 5.69 Å². The molecule has 0 atom stereocenters. The lowest BCUT2D eigenvalue weighted by Gasteiger charge is -1.89. The van der Waals surface area contributed by atoms with Crippen molar-refractivity contribution in [3.63, 3.8) is 0 Å². The van der Waals surface area contributed by atoms with Gasteiger partial charge in [0.05, 0.1) is 0 Å². The van der Waals surface area contributed by atoms with Crippen LogP contribution in [0.3, 0.4) is 0 Å². The molecule has 0 unspecified atom stereocenters. The standard InChI is InChI=1S/C4H7N3S.ClH/c1-3-2-8-4(5)7(3)6;/h2,5H,6H2,1H3;1H. The first kappa shape index (κ1) is 8.52. The topological polar surface area (TPSA) is 54.8 Å². The summed E-state index contributed by atoms with van der Waals surface area (Å²) in [6.45, 7) is 1.87. The molecule has 3 nitrogen and oxygen atoms in total. The first-order chi connectivity index (χ1) is 3.72. The van der Waals surface area contributed by atoms with Gasteiger partial charge in [-0.2, -0.15) is 0 Å². The minimum Gasteiger partial charge on any atom is -0.337 e. The van der Waals surface area contributed by atoms with Gasteiger partial charge in [-0.1, -0.05) is 0 Å². The Bertz CT molecular complexity index is 238. The normalized spacial score (nSPS) is 8.56. The molecule has 0 saturated carbocycles. The first-order valence-electron chi connectivity index (χ1n) is 2.18. The van der Waals surface area contributed by atoms with Crippen LogP contribution in [0.4, 0.5) is 0 Å². The molecule has 0 aromatic carbocycles. The van der Waals surface area contributed by atoms with Crippen molar-refractivity contribution in [2.75, 3.05) is 5.84 Å². The fraction of sp³-hybridized carbons (Fsp3) is 0.250. The average molecular weight is 166 g/mol. The van der Waals surface area contributed by atoms with Gasteiger partial charge in [0.15, 0.2) is 0 Å². The molecule has 1 heterocycles. The van der Waals surface area contributed by atoms with E-state index in [4.69, 9.17) is 11.3 Å². The zero-order chi connectivity index (χ0) is 6.15. The van der Waals surface area contributed by atoms with E-state index in [2.05, 4.69) is 0 Å². The highest BCUT2D eigenvalue weighted by Crippen LogP contribution is 1.92. The lowest BCUT2D eigenvalue weighted by Crippen LogP contribution is -2.22. The van der Waals surface area contributed by atoms with Crippen molar-refractivity contribution in [1.82, 2.24) is 4.68 Å². The fourth-order valence-corrected chi connectivity index (χ4v) is 1.07. The van der Waals surface area contributed by atoms with Gasteiger partial charge in [0.25, 0.3) is 0 Å². The van der Waals surface area contributed by atoms with Crippen molar-refractivity contribution >= 4 is 23.7 Å². The summed E-state index contributed by atoms with van der Waals surface area (Å²) < 4.78 is 1.35. The number of aromatic nitrogens is 1. The second kappa shape index (κ2) is 2.89. The summed E-state index contributed by atoms with van der Waals surface area (Å²) in [7, 11) is 0. The minimum atomic E-state index is 0. The van der Waals surface area contributed by atoms with Gasteiger partial charge in [0.1, 0.15) is 0 Å². The molecule has 0 aliphatic rings. The fourth-order valence-electron chi connectivity index (χ4n) is 0.415.